The summed E-state index contributed by atoms with van der Waals surface area (Å²) in [5.41, 5.74) is 0.803. The molecule has 2 aromatic rings. The van der Waals surface area contributed by atoms with E-state index in [2.05, 4.69) is 10.6 Å². The first-order chi connectivity index (χ1) is 13.2. The van der Waals surface area contributed by atoms with E-state index in [1.165, 1.54) is 24.3 Å². The van der Waals surface area contributed by atoms with Crippen LogP contribution in [0.15, 0.2) is 48.5 Å². The Labute approximate surface area is 164 Å². The maximum atomic E-state index is 12.8. The van der Waals surface area contributed by atoms with Crippen LogP contribution >= 0.6 is 0 Å². The summed E-state index contributed by atoms with van der Waals surface area (Å²) in [6.07, 6.45) is -0.490. The lowest BCUT2D eigenvalue weighted by Crippen LogP contribution is -2.32. The van der Waals surface area contributed by atoms with Crippen LogP contribution in [0.4, 0.5) is 9.18 Å². The van der Waals surface area contributed by atoms with Gasteiger partial charge in [-0.3, -0.25) is 4.79 Å². The molecule has 150 valence electrons. The summed E-state index contributed by atoms with van der Waals surface area (Å²) in [7, 11) is 0. The summed E-state index contributed by atoms with van der Waals surface area (Å²) in [5.74, 6) is -0.0164. The Morgan fingerprint density at radius 2 is 1.61 bits per heavy atom. The number of carbonyl (C=O) groups is 2. The van der Waals surface area contributed by atoms with E-state index in [4.69, 9.17) is 9.47 Å². The first-order valence-electron chi connectivity index (χ1n) is 8.95. The number of amides is 2. The van der Waals surface area contributed by atoms with Crippen LogP contribution < -0.4 is 15.4 Å². The topological polar surface area (TPSA) is 76.7 Å². The fourth-order valence-corrected chi connectivity index (χ4v) is 2.23. The Bertz CT molecular complexity index is 784. The van der Waals surface area contributed by atoms with Crippen LogP contribution in [-0.4, -0.2) is 30.8 Å². The lowest BCUT2D eigenvalue weighted by molar-refractivity contribution is 0.0523. The number of hydrogen-bond donors (Lipinski definition) is 2. The van der Waals surface area contributed by atoms with Crippen LogP contribution in [0.5, 0.6) is 5.75 Å². The molecule has 2 rings (SSSR count). The molecule has 0 aliphatic heterocycles. The Morgan fingerprint density at radius 1 is 0.964 bits per heavy atom. The summed E-state index contributed by atoms with van der Waals surface area (Å²) >= 11 is 0. The van der Waals surface area contributed by atoms with E-state index < -0.39 is 11.7 Å². The molecule has 2 aromatic carbocycles. The van der Waals surface area contributed by atoms with Crippen LogP contribution in [0.2, 0.25) is 0 Å². The Kier molecular flexibility index (Phi) is 7.37. The van der Waals surface area contributed by atoms with Crippen molar-refractivity contribution >= 4 is 12.0 Å². The van der Waals surface area contributed by atoms with E-state index in [1.54, 1.807) is 45.0 Å². The summed E-state index contributed by atoms with van der Waals surface area (Å²) in [4.78, 5) is 23.8. The van der Waals surface area contributed by atoms with Gasteiger partial charge in [0.15, 0.2) is 0 Å². The smallest absolute Gasteiger partial charge is 0.407 e. The van der Waals surface area contributed by atoms with Gasteiger partial charge in [-0.2, -0.15) is 0 Å². The van der Waals surface area contributed by atoms with Crippen LogP contribution in [-0.2, 0) is 11.3 Å². The van der Waals surface area contributed by atoms with Crippen molar-refractivity contribution in [2.45, 2.75) is 32.9 Å². The zero-order valence-corrected chi connectivity index (χ0v) is 16.3. The molecule has 28 heavy (non-hydrogen) atoms. The molecule has 0 fully saturated rings. The number of nitrogens with one attached hydrogen (secondary N) is 2. The second-order valence-corrected chi connectivity index (χ2v) is 7.11. The van der Waals surface area contributed by atoms with E-state index in [9.17, 15) is 14.0 Å². The van der Waals surface area contributed by atoms with Crippen LogP contribution in [0.25, 0.3) is 0 Å². The summed E-state index contributed by atoms with van der Waals surface area (Å²) in [6.45, 7) is 6.29. The SMILES string of the molecule is CC(C)(C)OC(=O)NCc1ccc(C(=O)NCCOc2ccc(F)cc2)cc1. The van der Waals surface area contributed by atoms with Crippen molar-refractivity contribution in [2.75, 3.05) is 13.2 Å². The van der Waals surface area contributed by atoms with Gasteiger partial charge >= 0.3 is 6.09 Å². The first-order valence-corrected chi connectivity index (χ1v) is 8.95. The van der Waals surface area contributed by atoms with Crippen molar-refractivity contribution in [2.24, 2.45) is 0 Å². The third kappa shape index (κ3) is 7.65. The van der Waals surface area contributed by atoms with E-state index in [-0.39, 0.29) is 18.3 Å². The molecule has 0 heterocycles. The Balaban J connectivity index is 1.72. The number of alkyl carbamates (subject to hydrolysis) is 1. The molecular weight excluding hydrogens is 363 g/mol. The standard InChI is InChI=1S/C21H25FN2O4/c1-21(2,3)28-20(26)24-14-15-4-6-16(7-5-15)19(25)23-12-13-27-18-10-8-17(22)9-11-18/h4-11H,12-14H2,1-3H3,(H,23,25)(H,24,26). The molecule has 0 aromatic heterocycles. The highest BCUT2D eigenvalue weighted by Crippen LogP contribution is 2.11. The second kappa shape index (κ2) is 9.73. The van der Waals surface area contributed by atoms with Gasteiger partial charge in [0, 0.05) is 12.1 Å². The number of benzene rings is 2. The molecule has 0 aliphatic rings. The predicted octanol–water partition coefficient (Wildman–Crippen LogP) is 3.66. The molecular formula is C21H25FN2O4. The molecule has 0 unspecified atom stereocenters. The molecule has 0 saturated heterocycles. The summed E-state index contributed by atoms with van der Waals surface area (Å²) in [5, 5.41) is 5.41. The fourth-order valence-electron chi connectivity index (χ4n) is 2.23. The average Bonchev–Trinajstić information content (AvgIpc) is 2.64. The van der Waals surface area contributed by atoms with Gasteiger partial charge in [0.2, 0.25) is 0 Å². The molecule has 0 bridgehead atoms. The second-order valence-electron chi connectivity index (χ2n) is 7.11. The molecule has 2 N–H and O–H groups in total. The minimum absolute atomic E-state index is 0.227. The van der Waals surface area contributed by atoms with E-state index in [1.807, 2.05) is 0 Å². The van der Waals surface area contributed by atoms with Crippen LogP contribution in [0.1, 0.15) is 36.7 Å². The maximum Gasteiger partial charge on any atom is 0.407 e. The third-order valence-electron chi connectivity index (χ3n) is 3.52. The van der Waals surface area contributed by atoms with E-state index >= 15 is 0 Å². The van der Waals surface area contributed by atoms with E-state index in [0.29, 0.717) is 24.4 Å². The van der Waals surface area contributed by atoms with Gasteiger partial charge in [-0.15, -0.1) is 0 Å². The Morgan fingerprint density at radius 3 is 2.21 bits per heavy atom. The van der Waals surface area contributed by atoms with Gasteiger partial charge in [-0.1, -0.05) is 12.1 Å². The summed E-state index contributed by atoms with van der Waals surface area (Å²) in [6, 6.07) is 12.6. The van der Waals surface area contributed by atoms with E-state index in [0.717, 1.165) is 5.56 Å². The number of hydrogen-bond acceptors (Lipinski definition) is 4. The number of rotatable bonds is 7. The van der Waals surface area contributed by atoms with Crippen molar-refractivity contribution in [1.82, 2.24) is 10.6 Å². The fraction of sp³-hybridized carbons (Fsp3) is 0.333. The van der Waals surface area contributed by atoms with Gasteiger partial charge in [0.25, 0.3) is 5.91 Å². The monoisotopic (exact) mass is 388 g/mol. The van der Waals surface area contributed by atoms with Crippen molar-refractivity contribution in [1.29, 1.82) is 0 Å². The summed E-state index contributed by atoms with van der Waals surface area (Å²) < 4.78 is 23.4. The van der Waals surface area contributed by atoms with Crippen molar-refractivity contribution < 1.29 is 23.5 Å². The zero-order chi connectivity index (χ0) is 20.6. The number of ether oxygens (including phenoxy) is 2. The lowest BCUT2D eigenvalue weighted by atomic mass is 10.1. The van der Waals surface area contributed by atoms with Crippen LogP contribution in [0.3, 0.4) is 0 Å². The molecule has 0 aliphatic carbocycles. The lowest BCUT2D eigenvalue weighted by Gasteiger charge is -2.19. The maximum absolute atomic E-state index is 12.8. The highest BCUT2D eigenvalue weighted by atomic mass is 19.1. The molecule has 0 atom stereocenters. The highest BCUT2D eigenvalue weighted by molar-refractivity contribution is 5.94. The van der Waals surface area contributed by atoms with Gasteiger partial charge in [0.05, 0.1) is 6.54 Å². The molecule has 2 amide bonds. The van der Waals surface area contributed by atoms with Crippen molar-refractivity contribution in [3.8, 4) is 5.75 Å². The molecule has 7 heteroatoms. The van der Waals surface area contributed by atoms with Crippen molar-refractivity contribution in [3.63, 3.8) is 0 Å². The first kappa shape index (κ1) is 21.2. The Hall–Kier alpha value is -3.09. The van der Waals surface area contributed by atoms with Gasteiger partial charge in [0.1, 0.15) is 23.8 Å². The minimum atomic E-state index is -0.549. The molecule has 0 radical (unpaired) electrons. The third-order valence-corrected chi connectivity index (χ3v) is 3.52. The van der Waals surface area contributed by atoms with Gasteiger partial charge < -0.3 is 20.1 Å². The molecule has 6 nitrogen and oxygen atoms in total. The number of halogens is 1. The number of carbonyl (C=O) groups excluding carboxylic acids is 2. The zero-order valence-electron chi connectivity index (χ0n) is 16.3. The van der Waals surface area contributed by atoms with Crippen molar-refractivity contribution in [3.05, 3.63) is 65.5 Å². The van der Waals surface area contributed by atoms with Crippen LogP contribution in [0, 0.1) is 5.82 Å². The van der Waals surface area contributed by atoms with Gasteiger partial charge in [-0.25, -0.2) is 9.18 Å². The predicted molar refractivity (Wildman–Crippen MR) is 104 cm³/mol. The molecule has 0 saturated carbocycles. The molecule has 0 spiro atoms. The minimum Gasteiger partial charge on any atom is -0.492 e. The quantitative estimate of drug-likeness (QED) is 0.710. The highest BCUT2D eigenvalue weighted by Gasteiger charge is 2.15. The van der Waals surface area contributed by atoms with Gasteiger partial charge in [-0.05, 0) is 62.7 Å². The average molecular weight is 388 g/mol. The largest absolute Gasteiger partial charge is 0.492 e. The normalized spacial score (nSPS) is 10.9.